The average Bonchev–Trinajstić information content (AvgIpc) is 2.33. The average molecular weight is 270 g/mol. The molecule has 0 aliphatic carbocycles. The highest BCUT2D eigenvalue weighted by Crippen LogP contribution is 2.20. The standard InChI is InChI=1S/C14H20F2N2O/c1-4-17-13-11(15)7-10(8-12(13)16)14(19)18-6-5-9(2)3/h7-9,17H,4-6H2,1-3H3,(H,18,19). The van der Waals surface area contributed by atoms with E-state index in [-0.39, 0.29) is 11.3 Å². The molecule has 0 aliphatic rings. The molecule has 1 aromatic carbocycles. The summed E-state index contributed by atoms with van der Waals surface area (Å²) in [6.45, 7) is 6.72. The van der Waals surface area contributed by atoms with Crippen molar-refractivity contribution in [3.05, 3.63) is 29.3 Å². The Morgan fingerprint density at radius 1 is 1.26 bits per heavy atom. The summed E-state index contributed by atoms with van der Waals surface area (Å²) in [5.74, 6) is -1.50. The Labute approximate surface area is 112 Å². The molecule has 0 spiro atoms. The molecule has 19 heavy (non-hydrogen) atoms. The number of hydrogen-bond donors (Lipinski definition) is 2. The Bertz CT molecular complexity index is 424. The Morgan fingerprint density at radius 2 is 1.84 bits per heavy atom. The molecule has 106 valence electrons. The predicted octanol–water partition coefficient (Wildman–Crippen LogP) is 3.17. The Balaban J connectivity index is 2.76. The molecule has 1 amide bonds. The number of benzene rings is 1. The molecule has 0 bridgehead atoms. The van der Waals surface area contributed by atoms with Crippen LogP contribution in [0, 0.1) is 17.6 Å². The van der Waals surface area contributed by atoms with Crippen molar-refractivity contribution in [3.8, 4) is 0 Å². The Hall–Kier alpha value is -1.65. The fraction of sp³-hybridized carbons (Fsp3) is 0.500. The molecule has 1 rings (SSSR count). The van der Waals surface area contributed by atoms with Gasteiger partial charge in [0.25, 0.3) is 5.91 Å². The van der Waals surface area contributed by atoms with E-state index < -0.39 is 17.5 Å². The second-order valence-corrected chi connectivity index (χ2v) is 4.78. The molecule has 0 radical (unpaired) electrons. The number of rotatable bonds is 6. The summed E-state index contributed by atoms with van der Waals surface area (Å²) in [5.41, 5.74) is -0.193. The normalized spacial score (nSPS) is 10.6. The van der Waals surface area contributed by atoms with E-state index in [1.54, 1.807) is 6.92 Å². The van der Waals surface area contributed by atoms with Gasteiger partial charge in [0.2, 0.25) is 0 Å². The van der Waals surface area contributed by atoms with Crippen molar-refractivity contribution in [1.82, 2.24) is 5.32 Å². The first-order valence-electron chi connectivity index (χ1n) is 6.46. The summed E-state index contributed by atoms with van der Waals surface area (Å²) in [4.78, 5) is 11.7. The number of hydrogen-bond acceptors (Lipinski definition) is 2. The molecule has 5 heteroatoms. The SMILES string of the molecule is CCNc1c(F)cc(C(=O)NCCC(C)C)cc1F. The van der Waals surface area contributed by atoms with Gasteiger partial charge in [-0.05, 0) is 31.4 Å². The van der Waals surface area contributed by atoms with E-state index in [9.17, 15) is 13.6 Å². The summed E-state index contributed by atoms with van der Waals surface area (Å²) in [6.07, 6.45) is 0.826. The lowest BCUT2D eigenvalue weighted by atomic mass is 10.1. The Morgan fingerprint density at radius 3 is 2.32 bits per heavy atom. The van der Waals surface area contributed by atoms with Crippen LogP contribution in [0.4, 0.5) is 14.5 Å². The van der Waals surface area contributed by atoms with Crippen molar-refractivity contribution in [2.45, 2.75) is 27.2 Å². The van der Waals surface area contributed by atoms with Gasteiger partial charge >= 0.3 is 0 Å². The second-order valence-electron chi connectivity index (χ2n) is 4.78. The summed E-state index contributed by atoms with van der Waals surface area (Å²) >= 11 is 0. The minimum atomic E-state index is -0.754. The van der Waals surface area contributed by atoms with Gasteiger partial charge in [0.15, 0.2) is 0 Å². The van der Waals surface area contributed by atoms with Gasteiger partial charge < -0.3 is 10.6 Å². The van der Waals surface area contributed by atoms with E-state index in [1.807, 2.05) is 13.8 Å². The van der Waals surface area contributed by atoms with Gasteiger partial charge in [-0.15, -0.1) is 0 Å². The smallest absolute Gasteiger partial charge is 0.251 e. The number of halogens is 2. The maximum absolute atomic E-state index is 13.6. The van der Waals surface area contributed by atoms with Crippen LogP contribution in [0.1, 0.15) is 37.6 Å². The lowest BCUT2D eigenvalue weighted by Crippen LogP contribution is -2.25. The van der Waals surface area contributed by atoms with Gasteiger partial charge in [0, 0.05) is 18.7 Å². The monoisotopic (exact) mass is 270 g/mol. The molecular weight excluding hydrogens is 250 g/mol. The van der Waals surface area contributed by atoms with Crippen molar-refractivity contribution < 1.29 is 13.6 Å². The van der Waals surface area contributed by atoms with Crippen LogP contribution in [0.25, 0.3) is 0 Å². The Kier molecular flexibility index (Phi) is 5.73. The second kappa shape index (κ2) is 7.07. The van der Waals surface area contributed by atoms with Crippen LogP contribution in [0.5, 0.6) is 0 Å². The summed E-state index contributed by atoms with van der Waals surface area (Å²) in [5, 5.41) is 5.23. The number of carbonyl (C=O) groups is 1. The zero-order valence-electron chi connectivity index (χ0n) is 11.5. The molecule has 2 N–H and O–H groups in total. The molecule has 1 aromatic rings. The van der Waals surface area contributed by atoms with Crippen molar-refractivity contribution in [2.24, 2.45) is 5.92 Å². The number of amides is 1. The van der Waals surface area contributed by atoms with E-state index in [0.717, 1.165) is 18.6 Å². The predicted molar refractivity (Wildman–Crippen MR) is 72.3 cm³/mol. The van der Waals surface area contributed by atoms with Gasteiger partial charge in [-0.1, -0.05) is 13.8 Å². The molecule has 0 fully saturated rings. The quantitative estimate of drug-likeness (QED) is 0.833. The molecule has 0 heterocycles. The molecule has 0 saturated heterocycles. The van der Waals surface area contributed by atoms with Crippen LogP contribution in [0.15, 0.2) is 12.1 Å². The first-order valence-corrected chi connectivity index (χ1v) is 6.46. The van der Waals surface area contributed by atoms with Crippen LogP contribution < -0.4 is 10.6 Å². The molecular formula is C14H20F2N2O. The van der Waals surface area contributed by atoms with Crippen LogP contribution in [0.2, 0.25) is 0 Å². The first kappa shape index (κ1) is 15.4. The van der Waals surface area contributed by atoms with Gasteiger partial charge in [-0.2, -0.15) is 0 Å². The third kappa shape index (κ3) is 4.50. The maximum Gasteiger partial charge on any atom is 0.251 e. The highest BCUT2D eigenvalue weighted by atomic mass is 19.1. The molecule has 0 aromatic heterocycles. The minimum Gasteiger partial charge on any atom is -0.381 e. The van der Waals surface area contributed by atoms with Crippen molar-refractivity contribution in [3.63, 3.8) is 0 Å². The van der Waals surface area contributed by atoms with Crippen LogP contribution in [-0.4, -0.2) is 19.0 Å². The zero-order chi connectivity index (χ0) is 14.4. The molecule has 3 nitrogen and oxygen atoms in total. The number of anilines is 1. The van der Waals surface area contributed by atoms with E-state index in [4.69, 9.17) is 0 Å². The minimum absolute atomic E-state index is 0.000379. The van der Waals surface area contributed by atoms with E-state index in [1.165, 1.54) is 0 Å². The highest BCUT2D eigenvalue weighted by molar-refractivity contribution is 5.94. The van der Waals surface area contributed by atoms with Crippen LogP contribution in [0.3, 0.4) is 0 Å². The molecule has 0 atom stereocenters. The third-order valence-electron chi connectivity index (χ3n) is 2.67. The zero-order valence-corrected chi connectivity index (χ0v) is 11.5. The number of carbonyl (C=O) groups excluding carboxylic acids is 1. The largest absolute Gasteiger partial charge is 0.381 e. The van der Waals surface area contributed by atoms with E-state index in [0.29, 0.717) is 19.0 Å². The molecule has 0 aliphatic heterocycles. The van der Waals surface area contributed by atoms with Crippen LogP contribution in [-0.2, 0) is 0 Å². The summed E-state index contributed by atoms with van der Waals surface area (Å²) in [7, 11) is 0. The van der Waals surface area contributed by atoms with Gasteiger partial charge in [0.05, 0.1) is 0 Å². The summed E-state index contributed by atoms with van der Waals surface area (Å²) in [6, 6.07) is 2.09. The molecule has 0 unspecified atom stereocenters. The lowest BCUT2D eigenvalue weighted by molar-refractivity contribution is 0.0951. The molecule has 0 saturated carbocycles. The topological polar surface area (TPSA) is 41.1 Å². The fourth-order valence-corrected chi connectivity index (χ4v) is 1.63. The van der Waals surface area contributed by atoms with Crippen molar-refractivity contribution in [2.75, 3.05) is 18.4 Å². The number of nitrogens with one attached hydrogen (secondary N) is 2. The van der Waals surface area contributed by atoms with Crippen molar-refractivity contribution >= 4 is 11.6 Å². The third-order valence-corrected chi connectivity index (χ3v) is 2.67. The van der Waals surface area contributed by atoms with Crippen LogP contribution >= 0.6 is 0 Å². The van der Waals surface area contributed by atoms with Gasteiger partial charge in [-0.3, -0.25) is 4.79 Å². The fourth-order valence-electron chi connectivity index (χ4n) is 1.63. The van der Waals surface area contributed by atoms with Gasteiger partial charge in [0.1, 0.15) is 17.3 Å². The lowest BCUT2D eigenvalue weighted by Gasteiger charge is -2.10. The summed E-state index contributed by atoms with van der Waals surface area (Å²) < 4.78 is 27.3. The maximum atomic E-state index is 13.6. The highest BCUT2D eigenvalue weighted by Gasteiger charge is 2.14. The van der Waals surface area contributed by atoms with Gasteiger partial charge in [-0.25, -0.2) is 8.78 Å². The van der Waals surface area contributed by atoms with E-state index >= 15 is 0 Å². The van der Waals surface area contributed by atoms with Crippen molar-refractivity contribution in [1.29, 1.82) is 0 Å². The first-order chi connectivity index (χ1) is 8.95. The van der Waals surface area contributed by atoms with E-state index in [2.05, 4.69) is 10.6 Å².